The first-order valence-electron chi connectivity index (χ1n) is 7.40. The summed E-state index contributed by atoms with van der Waals surface area (Å²) in [5.74, 6) is -0.569. The van der Waals surface area contributed by atoms with E-state index < -0.39 is 0 Å². The van der Waals surface area contributed by atoms with Gasteiger partial charge in [-0.1, -0.05) is 41.5 Å². The molecule has 122 valence electrons. The van der Waals surface area contributed by atoms with Gasteiger partial charge in [0.25, 0.3) is 0 Å². The first-order chi connectivity index (χ1) is 9.46. The molecule has 1 fully saturated rings. The number of thioether (sulfide) groups is 1. The van der Waals surface area contributed by atoms with Crippen LogP contribution in [-0.2, 0) is 19.1 Å². The van der Waals surface area contributed by atoms with Crippen molar-refractivity contribution in [2.24, 2.45) is 16.7 Å². The zero-order chi connectivity index (χ0) is 16.6. The fraction of sp³-hybridized carbons (Fsp3) is 0.875. The molecule has 1 atom stereocenters. The normalized spacial score (nSPS) is 27.7. The summed E-state index contributed by atoms with van der Waals surface area (Å²) in [4.78, 5) is 23.9. The van der Waals surface area contributed by atoms with Crippen LogP contribution in [0.25, 0.3) is 0 Å². The quantitative estimate of drug-likeness (QED) is 0.729. The predicted octanol–water partition coefficient (Wildman–Crippen LogP) is 3.28. The Balaban J connectivity index is 2.82. The van der Waals surface area contributed by atoms with E-state index in [1.807, 2.05) is 54.7 Å². The molecule has 0 radical (unpaired) electrons. The van der Waals surface area contributed by atoms with Gasteiger partial charge in [-0.3, -0.25) is 9.59 Å². The van der Waals surface area contributed by atoms with E-state index in [2.05, 4.69) is 0 Å². The maximum Gasteiger partial charge on any atom is 0.319 e. The third kappa shape index (κ3) is 3.38. The van der Waals surface area contributed by atoms with Gasteiger partial charge in [-0.05, 0) is 13.2 Å². The first kappa shape index (κ1) is 18.3. The van der Waals surface area contributed by atoms with Crippen LogP contribution in [0.4, 0.5) is 0 Å². The Hall–Kier alpha value is -0.710. The number of ether oxygens (including phenoxy) is 2. The van der Waals surface area contributed by atoms with Gasteiger partial charge in [-0.2, -0.15) is 11.8 Å². The number of hydrogen-bond acceptors (Lipinski definition) is 5. The van der Waals surface area contributed by atoms with Crippen molar-refractivity contribution in [3.8, 4) is 0 Å². The van der Waals surface area contributed by atoms with E-state index in [0.29, 0.717) is 0 Å². The molecule has 0 saturated heterocycles. The van der Waals surface area contributed by atoms with Gasteiger partial charge in [-0.25, -0.2) is 0 Å². The highest BCUT2D eigenvalue weighted by atomic mass is 32.2. The average molecular weight is 316 g/mol. The highest BCUT2D eigenvalue weighted by Crippen LogP contribution is 2.57. The van der Waals surface area contributed by atoms with E-state index >= 15 is 0 Å². The molecule has 0 aromatic heterocycles. The molecule has 0 spiro atoms. The summed E-state index contributed by atoms with van der Waals surface area (Å²) >= 11 is 1.47. The van der Waals surface area contributed by atoms with Gasteiger partial charge in [0, 0.05) is 10.8 Å². The minimum Gasteiger partial charge on any atom is -0.461 e. The van der Waals surface area contributed by atoms with Crippen LogP contribution in [0.5, 0.6) is 0 Å². The second-order valence-corrected chi connectivity index (χ2v) is 8.49. The molecule has 0 heterocycles. The Bertz CT molecular complexity index is 399. The molecular weight excluding hydrogens is 288 g/mol. The minimum absolute atomic E-state index is 0.158. The van der Waals surface area contributed by atoms with Gasteiger partial charge in [0.1, 0.15) is 12.2 Å². The molecule has 0 aromatic carbocycles. The molecule has 1 saturated carbocycles. The number of carbonyl (C=O) groups is 2. The monoisotopic (exact) mass is 316 g/mol. The summed E-state index contributed by atoms with van der Waals surface area (Å²) in [5, 5.41) is -0.186. The van der Waals surface area contributed by atoms with Gasteiger partial charge in [0.2, 0.25) is 0 Å². The lowest BCUT2D eigenvalue weighted by Crippen LogP contribution is -2.70. The van der Waals surface area contributed by atoms with Gasteiger partial charge < -0.3 is 9.47 Å². The van der Waals surface area contributed by atoms with Crippen LogP contribution < -0.4 is 0 Å². The molecule has 1 unspecified atom stereocenters. The summed E-state index contributed by atoms with van der Waals surface area (Å²) in [7, 11) is 0. The zero-order valence-electron chi connectivity index (χ0n) is 14.4. The molecule has 1 aliphatic rings. The van der Waals surface area contributed by atoms with Crippen molar-refractivity contribution >= 4 is 23.7 Å². The standard InChI is InChI=1S/C16H28O4S/c1-9(2)11(17)19-13-15(4,5)14(16(13,6)7)20-12(18)10(3)21-8/h9-10,13-14H,1-8H3. The number of esters is 2. The lowest BCUT2D eigenvalue weighted by Gasteiger charge is -2.61. The van der Waals surface area contributed by atoms with Crippen molar-refractivity contribution in [1.29, 1.82) is 0 Å². The minimum atomic E-state index is -0.373. The largest absolute Gasteiger partial charge is 0.461 e. The summed E-state index contributed by atoms with van der Waals surface area (Å²) < 4.78 is 11.3. The van der Waals surface area contributed by atoms with Crippen LogP contribution in [-0.4, -0.2) is 35.7 Å². The molecule has 0 bridgehead atoms. The van der Waals surface area contributed by atoms with Crippen LogP contribution in [0.15, 0.2) is 0 Å². The smallest absolute Gasteiger partial charge is 0.319 e. The highest BCUT2D eigenvalue weighted by molar-refractivity contribution is 7.99. The summed E-state index contributed by atoms with van der Waals surface area (Å²) in [6.45, 7) is 13.4. The molecule has 5 heteroatoms. The van der Waals surface area contributed by atoms with Gasteiger partial charge in [0.05, 0.1) is 11.2 Å². The molecule has 21 heavy (non-hydrogen) atoms. The maximum absolute atomic E-state index is 12.0. The van der Waals surface area contributed by atoms with Crippen molar-refractivity contribution in [1.82, 2.24) is 0 Å². The first-order valence-corrected chi connectivity index (χ1v) is 8.68. The molecular formula is C16H28O4S. The predicted molar refractivity (Wildman–Crippen MR) is 85.1 cm³/mol. The van der Waals surface area contributed by atoms with Crippen LogP contribution >= 0.6 is 11.8 Å². The zero-order valence-corrected chi connectivity index (χ0v) is 15.2. The molecule has 0 aliphatic heterocycles. The molecule has 0 aromatic rings. The lowest BCUT2D eigenvalue weighted by atomic mass is 9.51. The second-order valence-electron chi connectivity index (χ2n) is 7.31. The fourth-order valence-corrected chi connectivity index (χ4v) is 3.51. The van der Waals surface area contributed by atoms with E-state index in [1.165, 1.54) is 11.8 Å². The van der Waals surface area contributed by atoms with E-state index in [9.17, 15) is 9.59 Å². The molecule has 4 nitrogen and oxygen atoms in total. The summed E-state index contributed by atoms with van der Waals surface area (Å²) in [5.41, 5.74) is -0.746. The number of rotatable bonds is 5. The van der Waals surface area contributed by atoms with Crippen LogP contribution in [0, 0.1) is 16.7 Å². The maximum atomic E-state index is 12.0. The van der Waals surface area contributed by atoms with Gasteiger partial charge >= 0.3 is 11.9 Å². The van der Waals surface area contributed by atoms with E-state index in [0.717, 1.165) is 0 Å². The Morgan fingerprint density at radius 3 is 1.62 bits per heavy atom. The van der Waals surface area contributed by atoms with Crippen molar-refractivity contribution in [2.45, 2.75) is 65.9 Å². The van der Waals surface area contributed by atoms with Crippen LogP contribution in [0.2, 0.25) is 0 Å². The Morgan fingerprint density at radius 2 is 1.29 bits per heavy atom. The van der Waals surface area contributed by atoms with Crippen molar-refractivity contribution in [3.63, 3.8) is 0 Å². The Labute approximate surface area is 132 Å². The molecule has 1 aliphatic carbocycles. The average Bonchev–Trinajstić information content (AvgIpc) is 2.39. The van der Waals surface area contributed by atoms with E-state index in [-0.39, 0.29) is 46.1 Å². The summed E-state index contributed by atoms with van der Waals surface area (Å²) in [6, 6.07) is 0. The SMILES string of the molecule is CSC(C)C(=O)OC1C(C)(C)C(OC(=O)C(C)C)C1(C)C. The van der Waals surface area contributed by atoms with Gasteiger partial charge in [-0.15, -0.1) is 0 Å². The molecule has 0 N–H and O–H groups in total. The van der Waals surface area contributed by atoms with Crippen LogP contribution in [0.1, 0.15) is 48.5 Å². The Kier molecular flexibility index (Phi) is 5.40. The number of carbonyl (C=O) groups excluding carboxylic acids is 2. The van der Waals surface area contributed by atoms with Crippen molar-refractivity contribution in [2.75, 3.05) is 6.26 Å². The highest BCUT2D eigenvalue weighted by Gasteiger charge is 2.66. The topological polar surface area (TPSA) is 52.6 Å². The number of hydrogen-bond donors (Lipinski definition) is 0. The molecule has 0 amide bonds. The van der Waals surface area contributed by atoms with E-state index in [4.69, 9.17) is 9.47 Å². The van der Waals surface area contributed by atoms with Crippen LogP contribution in [0.3, 0.4) is 0 Å². The third-order valence-electron chi connectivity index (χ3n) is 4.33. The van der Waals surface area contributed by atoms with E-state index in [1.54, 1.807) is 0 Å². The molecule has 1 rings (SSSR count). The summed E-state index contributed by atoms with van der Waals surface area (Å²) in [6.07, 6.45) is 1.38. The fourth-order valence-electron chi connectivity index (χ4n) is 3.26. The second kappa shape index (κ2) is 6.19. The van der Waals surface area contributed by atoms with Crippen molar-refractivity contribution < 1.29 is 19.1 Å². The lowest BCUT2D eigenvalue weighted by molar-refractivity contribution is -0.268. The third-order valence-corrected chi connectivity index (χ3v) is 5.23. The van der Waals surface area contributed by atoms with Gasteiger partial charge in [0.15, 0.2) is 0 Å². The Morgan fingerprint density at radius 1 is 0.905 bits per heavy atom. The van der Waals surface area contributed by atoms with Crippen molar-refractivity contribution in [3.05, 3.63) is 0 Å².